The van der Waals surface area contributed by atoms with Crippen LogP contribution in [0.25, 0.3) is 0 Å². The van der Waals surface area contributed by atoms with Gasteiger partial charge in [-0.1, -0.05) is 6.07 Å². The lowest BCUT2D eigenvalue weighted by atomic mass is 10.00. The monoisotopic (exact) mass is 349 g/mol. The Labute approximate surface area is 146 Å². The fraction of sp³-hybridized carbons (Fsp3) is 0.529. The first-order chi connectivity index (χ1) is 12.0. The molecule has 2 atom stereocenters. The zero-order chi connectivity index (χ0) is 17.8. The first kappa shape index (κ1) is 17.5. The fourth-order valence-corrected chi connectivity index (χ4v) is 3.25. The summed E-state index contributed by atoms with van der Waals surface area (Å²) >= 11 is 0. The Bertz CT molecular complexity index is 651. The maximum Gasteiger partial charge on any atom is 0.255 e. The third-order valence-corrected chi connectivity index (χ3v) is 4.41. The van der Waals surface area contributed by atoms with E-state index in [-0.39, 0.29) is 31.3 Å². The predicted octanol–water partition coefficient (Wildman–Crippen LogP) is -0.351. The Morgan fingerprint density at radius 3 is 3.04 bits per heavy atom. The van der Waals surface area contributed by atoms with Gasteiger partial charge in [-0.15, -0.1) is 0 Å². The van der Waals surface area contributed by atoms with E-state index < -0.39 is 5.91 Å². The number of nitrogens with two attached hydrogens (primary N) is 1. The Balaban J connectivity index is 1.62. The Kier molecular flexibility index (Phi) is 5.40. The number of piperidine rings is 1. The zero-order valence-corrected chi connectivity index (χ0v) is 14.2. The minimum Gasteiger partial charge on any atom is -0.493 e. The second kappa shape index (κ2) is 7.71. The SMILES string of the molecule is COc1cc(CN2CC[C@H]3OCC(=O)N[C@H]3C2)ccc1OCC(N)=O. The topological polar surface area (TPSA) is 103 Å². The summed E-state index contributed by atoms with van der Waals surface area (Å²) in [4.78, 5) is 24.6. The largest absolute Gasteiger partial charge is 0.493 e. The van der Waals surface area contributed by atoms with Crippen LogP contribution in [0.15, 0.2) is 18.2 Å². The van der Waals surface area contributed by atoms with Crippen molar-refractivity contribution in [2.24, 2.45) is 5.73 Å². The van der Waals surface area contributed by atoms with E-state index in [9.17, 15) is 9.59 Å². The molecule has 2 saturated heterocycles. The molecule has 0 spiro atoms. The summed E-state index contributed by atoms with van der Waals surface area (Å²) in [5.41, 5.74) is 6.16. The van der Waals surface area contributed by atoms with Crippen LogP contribution in [0.1, 0.15) is 12.0 Å². The molecule has 0 saturated carbocycles. The van der Waals surface area contributed by atoms with Crippen molar-refractivity contribution >= 4 is 11.8 Å². The first-order valence-corrected chi connectivity index (χ1v) is 8.26. The molecule has 1 aromatic rings. The minimum absolute atomic E-state index is 0.0371. The van der Waals surface area contributed by atoms with Crippen LogP contribution in [0.4, 0.5) is 0 Å². The maximum absolute atomic E-state index is 11.5. The molecule has 0 aliphatic carbocycles. The van der Waals surface area contributed by atoms with Gasteiger partial charge in [0.15, 0.2) is 18.1 Å². The number of likely N-dealkylation sites (tertiary alicyclic amines) is 1. The molecular weight excluding hydrogens is 326 g/mol. The Morgan fingerprint density at radius 2 is 2.28 bits per heavy atom. The first-order valence-electron chi connectivity index (χ1n) is 8.26. The average Bonchev–Trinajstić information content (AvgIpc) is 2.60. The van der Waals surface area contributed by atoms with Crippen molar-refractivity contribution in [1.82, 2.24) is 10.2 Å². The van der Waals surface area contributed by atoms with Crippen LogP contribution in [0, 0.1) is 0 Å². The number of hydrogen-bond donors (Lipinski definition) is 2. The summed E-state index contributed by atoms with van der Waals surface area (Å²) < 4.78 is 16.3. The number of fused-ring (bicyclic) bond motifs is 1. The highest BCUT2D eigenvalue weighted by atomic mass is 16.5. The maximum atomic E-state index is 11.5. The molecule has 0 aromatic heterocycles. The number of carbonyl (C=O) groups excluding carboxylic acids is 2. The zero-order valence-electron chi connectivity index (χ0n) is 14.2. The second-order valence-electron chi connectivity index (χ2n) is 6.29. The number of methoxy groups -OCH3 is 1. The van der Waals surface area contributed by atoms with E-state index in [1.54, 1.807) is 13.2 Å². The van der Waals surface area contributed by atoms with Gasteiger partial charge >= 0.3 is 0 Å². The molecule has 25 heavy (non-hydrogen) atoms. The van der Waals surface area contributed by atoms with Crippen LogP contribution in [0.5, 0.6) is 11.5 Å². The smallest absolute Gasteiger partial charge is 0.255 e. The van der Waals surface area contributed by atoms with E-state index in [0.717, 1.165) is 31.6 Å². The van der Waals surface area contributed by atoms with E-state index in [1.165, 1.54) is 0 Å². The molecule has 0 radical (unpaired) electrons. The van der Waals surface area contributed by atoms with Gasteiger partial charge in [0.1, 0.15) is 6.61 Å². The van der Waals surface area contributed by atoms with E-state index in [4.69, 9.17) is 19.9 Å². The van der Waals surface area contributed by atoms with Gasteiger partial charge in [-0.05, 0) is 24.1 Å². The molecule has 3 N–H and O–H groups in total. The Hall–Kier alpha value is -2.32. The van der Waals surface area contributed by atoms with Crippen molar-refractivity contribution in [3.63, 3.8) is 0 Å². The van der Waals surface area contributed by atoms with Crippen LogP contribution in [0.2, 0.25) is 0 Å². The molecule has 0 bridgehead atoms. The van der Waals surface area contributed by atoms with E-state index in [0.29, 0.717) is 11.5 Å². The number of primary amides is 1. The highest BCUT2D eigenvalue weighted by Gasteiger charge is 2.34. The number of benzene rings is 1. The van der Waals surface area contributed by atoms with E-state index >= 15 is 0 Å². The number of nitrogens with one attached hydrogen (secondary N) is 1. The molecule has 3 rings (SSSR count). The molecule has 2 heterocycles. The van der Waals surface area contributed by atoms with Gasteiger partial charge in [-0.2, -0.15) is 0 Å². The van der Waals surface area contributed by atoms with Gasteiger partial charge in [-0.3, -0.25) is 14.5 Å². The molecule has 2 amide bonds. The van der Waals surface area contributed by atoms with Crippen LogP contribution in [-0.4, -0.2) is 62.3 Å². The van der Waals surface area contributed by atoms with Crippen molar-refractivity contribution in [3.05, 3.63) is 23.8 Å². The summed E-state index contributed by atoms with van der Waals surface area (Å²) in [6.45, 7) is 2.35. The molecule has 8 heteroatoms. The number of morpholine rings is 1. The molecule has 2 fully saturated rings. The predicted molar refractivity (Wildman–Crippen MR) is 89.2 cm³/mol. The lowest BCUT2D eigenvalue weighted by molar-refractivity contribution is -0.140. The quantitative estimate of drug-likeness (QED) is 0.728. The molecule has 136 valence electrons. The molecule has 0 unspecified atom stereocenters. The number of ether oxygens (including phenoxy) is 3. The lowest BCUT2D eigenvalue weighted by Crippen LogP contribution is -2.60. The lowest BCUT2D eigenvalue weighted by Gasteiger charge is -2.41. The van der Waals surface area contributed by atoms with Crippen molar-refractivity contribution < 1.29 is 23.8 Å². The average molecular weight is 349 g/mol. The van der Waals surface area contributed by atoms with Gasteiger partial charge in [0.2, 0.25) is 5.91 Å². The van der Waals surface area contributed by atoms with Gasteiger partial charge in [-0.25, -0.2) is 0 Å². The highest BCUT2D eigenvalue weighted by Crippen LogP contribution is 2.29. The summed E-state index contributed by atoms with van der Waals surface area (Å²) in [5.74, 6) is 0.450. The van der Waals surface area contributed by atoms with Gasteiger partial charge in [0.05, 0.1) is 19.3 Å². The molecule has 1 aromatic carbocycles. The minimum atomic E-state index is -0.536. The number of hydrogen-bond acceptors (Lipinski definition) is 6. The fourth-order valence-electron chi connectivity index (χ4n) is 3.25. The molecule has 2 aliphatic heterocycles. The number of rotatable bonds is 6. The van der Waals surface area contributed by atoms with Crippen molar-refractivity contribution in [2.45, 2.75) is 25.1 Å². The van der Waals surface area contributed by atoms with Crippen LogP contribution < -0.4 is 20.5 Å². The van der Waals surface area contributed by atoms with Crippen LogP contribution in [0.3, 0.4) is 0 Å². The van der Waals surface area contributed by atoms with Crippen molar-refractivity contribution in [2.75, 3.05) is 33.4 Å². The highest BCUT2D eigenvalue weighted by molar-refractivity contribution is 5.78. The number of carbonyl (C=O) groups is 2. The normalized spacial score (nSPS) is 23.5. The summed E-state index contributed by atoms with van der Waals surface area (Å²) in [7, 11) is 1.55. The second-order valence-corrected chi connectivity index (χ2v) is 6.29. The third-order valence-electron chi connectivity index (χ3n) is 4.41. The molecular formula is C17H23N3O5. The van der Waals surface area contributed by atoms with Crippen LogP contribution >= 0.6 is 0 Å². The van der Waals surface area contributed by atoms with Gasteiger partial charge in [0.25, 0.3) is 5.91 Å². The van der Waals surface area contributed by atoms with Gasteiger partial charge < -0.3 is 25.3 Å². The molecule has 2 aliphatic rings. The van der Waals surface area contributed by atoms with E-state index in [2.05, 4.69) is 10.2 Å². The van der Waals surface area contributed by atoms with E-state index in [1.807, 2.05) is 12.1 Å². The van der Waals surface area contributed by atoms with Crippen molar-refractivity contribution in [3.8, 4) is 11.5 Å². The number of amides is 2. The summed E-state index contributed by atoms with van der Waals surface area (Å²) in [5, 5.41) is 3.00. The standard InChI is InChI=1S/C17H23N3O5/c1-23-15-6-11(2-3-14(15)24-9-16(18)21)7-20-5-4-13-12(8-20)19-17(22)10-25-13/h2-3,6,12-13H,4-5,7-10H2,1H3,(H2,18,21)(H,19,22)/t12-,13+/m0/s1. The van der Waals surface area contributed by atoms with Crippen molar-refractivity contribution in [1.29, 1.82) is 0 Å². The molecule has 8 nitrogen and oxygen atoms in total. The Morgan fingerprint density at radius 1 is 1.44 bits per heavy atom. The summed E-state index contributed by atoms with van der Waals surface area (Å²) in [6, 6.07) is 5.63. The van der Waals surface area contributed by atoms with Gasteiger partial charge in [0, 0.05) is 19.6 Å². The third kappa shape index (κ3) is 4.40. The number of nitrogens with zero attached hydrogens (tertiary/aromatic N) is 1. The summed E-state index contributed by atoms with van der Waals surface area (Å²) in [6.07, 6.45) is 0.995. The van der Waals surface area contributed by atoms with Crippen LogP contribution in [-0.2, 0) is 20.9 Å².